The molecule has 0 saturated carbocycles. The molecule has 0 bridgehead atoms. The normalized spacial score (nSPS) is 23.2. The van der Waals surface area contributed by atoms with Gasteiger partial charge in [-0.05, 0) is 25.7 Å². The number of carbonyl (C=O) groups is 1. The summed E-state index contributed by atoms with van der Waals surface area (Å²) in [5.41, 5.74) is 0.0751. The van der Waals surface area contributed by atoms with Gasteiger partial charge in [-0.1, -0.05) is 13.3 Å². The lowest BCUT2D eigenvalue weighted by molar-refractivity contribution is -0.147. The Morgan fingerprint density at radius 3 is 2.78 bits per heavy atom. The summed E-state index contributed by atoms with van der Waals surface area (Å²) in [7, 11) is 1.70. The van der Waals surface area contributed by atoms with E-state index in [0.717, 1.165) is 51.9 Å². The van der Waals surface area contributed by atoms with Crippen molar-refractivity contribution in [1.82, 2.24) is 0 Å². The third-order valence-corrected chi connectivity index (χ3v) is 3.70. The topological polar surface area (TPSA) is 44.8 Å². The number of rotatable bonds is 9. The Morgan fingerprint density at radius 1 is 1.33 bits per heavy atom. The molecule has 106 valence electrons. The van der Waals surface area contributed by atoms with E-state index in [1.807, 2.05) is 0 Å². The van der Waals surface area contributed by atoms with E-state index in [4.69, 9.17) is 14.2 Å². The number of unbranched alkanes of at least 4 members (excludes halogenated alkanes) is 2. The summed E-state index contributed by atoms with van der Waals surface area (Å²) in [6, 6.07) is 0. The lowest BCUT2D eigenvalue weighted by atomic mass is 9.85. The van der Waals surface area contributed by atoms with Crippen molar-refractivity contribution < 1.29 is 19.0 Å². The van der Waals surface area contributed by atoms with Crippen LogP contribution in [0, 0.1) is 5.41 Å². The molecule has 1 saturated heterocycles. The highest BCUT2D eigenvalue weighted by molar-refractivity contribution is 5.69. The highest BCUT2D eigenvalue weighted by Crippen LogP contribution is 2.32. The van der Waals surface area contributed by atoms with Crippen LogP contribution in [0.5, 0.6) is 0 Å². The second kappa shape index (κ2) is 8.48. The van der Waals surface area contributed by atoms with Crippen LogP contribution in [-0.4, -0.2) is 39.5 Å². The van der Waals surface area contributed by atoms with Crippen LogP contribution in [0.25, 0.3) is 0 Å². The first-order valence-electron chi connectivity index (χ1n) is 6.95. The SMILES string of the molecule is CCC1(COC(=O)CCCCCOC)CCOC1. The fourth-order valence-corrected chi connectivity index (χ4v) is 2.14. The fraction of sp³-hybridized carbons (Fsp3) is 0.929. The molecule has 1 aliphatic rings. The summed E-state index contributed by atoms with van der Waals surface area (Å²) in [5, 5.41) is 0. The van der Waals surface area contributed by atoms with Crippen molar-refractivity contribution in [1.29, 1.82) is 0 Å². The third-order valence-electron chi connectivity index (χ3n) is 3.70. The van der Waals surface area contributed by atoms with Crippen LogP contribution in [0.2, 0.25) is 0 Å². The van der Waals surface area contributed by atoms with Crippen molar-refractivity contribution in [3.05, 3.63) is 0 Å². The third kappa shape index (κ3) is 5.36. The van der Waals surface area contributed by atoms with Crippen LogP contribution >= 0.6 is 0 Å². The maximum absolute atomic E-state index is 11.6. The number of methoxy groups -OCH3 is 1. The van der Waals surface area contributed by atoms with Crippen LogP contribution < -0.4 is 0 Å². The van der Waals surface area contributed by atoms with Crippen LogP contribution in [0.1, 0.15) is 45.4 Å². The van der Waals surface area contributed by atoms with E-state index < -0.39 is 0 Å². The van der Waals surface area contributed by atoms with E-state index in [9.17, 15) is 4.79 Å². The summed E-state index contributed by atoms with van der Waals surface area (Å²) in [5.74, 6) is -0.0767. The van der Waals surface area contributed by atoms with Crippen molar-refractivity contribution in [3.63, 3.8) is 0 Å². The second-order valence-corrected chi connectivity index (χ2v) is 5.12. The van der Waals surface area contributed by atoms with Gasteiger partial charge in [0, 0.05) is 32.2 Å². The maximum Gasteiger partial charge on any atom is 0.305 e. The first-order valence-corrected chi connectivity index (χ1v) is 6.95. The molecule has 4 nitrogen and oxygen atoms in total. The summed E-state index contributed by atoms with van der Waals surface area (Å²) >= 11 is 0. The summed E-state index contributed by atoms with van der Waals surface area (Å²) in [4.78, 5) is 11.6. The molecule has 1 aliphatic heterocycles. The number of hydrogen-bond acceptors (Lipinski definition) is 4. The maximum atomic E-state index is 11.6. The van der Waals surface area contributed by atoms with E-state index in [-0.39, 0.29) is 11.4 Å². The van der Waals surface area contributed by atoms with E-state index in [0.29, 0.717) is 13.0 Å². The quantitative estimate of drug-likeness (QED) is 0.471. The van der Waals surface area contributed by atoms with E-state index in [1.165, 1.54) is 0 Å². The fourth-order valence-electron chi connectivity index (χ4n) is 2.14. The van der Waals surface area contributed by atoms with Crippen molar-refractivity contribution in [3.8, 4) is 0 Å². The Bertz CT molecular complexity index is 234. The van der Waals surface area contributed by atoms with Gasteiger partial charge in [0.05, 0.1) is 13.2 Å². The Hall–Kier alpha value is -0.610. The highest BCUT2D eigenvalue weighted by Gasteiger charge is 2.34. The average Bonchev–Trinajstić information content (AvgIpc) is 2.86. The Balaban J connectivity index is 2.09. The van der Waals surface area contributed by atoms with Gasteiger partial charge in [-0.25, -0.2) is 0 Å². The van der Waals surface area contributed by atoms with E-state index in [1.54, 1.807) is 7.11 Å². The summed E-state index contributed by atoms with van der Waals surface area (Å²) in [6.07, 6.45) is 5.45. The van der Waals surface area contributed by atoms with Crippen molar-refractivity contribution in [2.75, 3.05) is 33.5 Å². The summed E-state index contributed by atoms with van der Waals surface area (Å²) in [6.45, 7) is 4.94. The molecule has 0 radical (unpaired) electrons. The van der Waals surface area contributed by atoms with Gasteiger partial charge in [0.1, 0.15) is 0 Å². The van der Waals surface area contributed by atoms with Gasteiger partial charge in [0.15, 0.2) is 0 Å². The van der Waals surface area contributed by atoms with Crippen molar-refractivity contribution in [2.24, 2.45) is 5.41 Å². The highest BCUT2D eigenvalue weighted by atomic mass is 16.5. The van der Waals surface area contributed by atoms with Gasteiger partial charge in [-0.15, -0.1) is 0 Å². The lowest BCUT2D eigenvalue weighted by Crippen LogP contribution is -2.28. The smallest absolute Gasteiger partial charge is 0.305 e. The van der Waals surface area contributed by atoms with E-state index in [2.05, 4.69) is 6.92 Å². The average molecular weight is 258 g/mol. The molecular weight excluding hydrogens is 232 g/mol. The van der Waals surface area contributed by atoms with Crippen LogP contribution in [0.4, 0.5) is 0 Å². The van der Waals surface area contributed by atoms with Gasteiger partial charge in [-0.3, -0.25) is 4.79 Å². The lowest BCUT2D eigenvalue weighted by Gasteiger charge is -2.24. The first-order chi connectivity index (χ1) is 8.72. The molecule has 1 rings (SSSR count). The minimum absolute atomic E-state index is 0.0751. The molecule has 0 aromatic heterocycles. The van der Waals surface area contributed by atoms with Gasteiger partial charge >= 0.3 is 5.97 Å². The number of carbonyl (C=O) groups excluding carboxylic acids is 1. The molecule has 0 N–H and O–H groups in total. The zero-order chi connectivity index (χ0) is 13.3. The number of ether oxygens (including phenoxy) is 3. The molecule has 0 aromatic rings. The van der Waals surface area contributed by atoms with Gasteiger partial charge in [0.25, 0.3) is 0 Å². The molecule has 1 heterocycles. The molecular formula is C14H26O4. The summed E-state index contributed by atoms with van der Waals surface area (Å²) < 4.78 is 15.7. The molecule has 0 amide bonds. The zero-order valence-electron chi connectivity index (χ0n) is 11.7. The monoisotopic (exact) mass is 258 g/mol. The number of hydrogen-bond donors (Lipinski definition) is 0. The molecule has 1 atom stereocenters. The largest absolute Gasteiger partial charge is 0.465 e. The van der Waals surface area contributed by atoms with Gasteiger partial charge in [0.2, 0.25) is 0 Å². The molecule has 18 heavy (non-hydrogen) atoms. The molecule has 4 heteroatoms. The molecule has 1 unspecified atom stereocenters. The van der Waals surface area contributed by atoms with Gasteiger partial charge < -0.3 is 14.2 Å². The van der Waals surface area contributed by atoms with Crippen molar-refractivity contribution >= 4 is 5.97 Å². The van der Waals surface area contributed by atoms with E-state index >= 15 is 0 Å². The zero-order valence-corrected chi connectivity index (χ0v) is 11.7. The molecule has 0 aliphatic carbocycles. The minimum Gasteiger partial charge on any atom is -0.465 e. The minimum atomic E-state index is -0.0767. The van der Waals surface area contributed by atoms with Crippen LogP contribution in [-0.2, 0) is 19.0 Å². The van der Waals surface area contributed by atoms with Crippen LogP contribution in [0.15, 0.2) is 0 Å². The Morgan fingerprint density at radius 2 is 2.17 bits per heavy atom. The second-order valence-electron chi connectivity index (χ2n) is 5.12. The molecule has 0 spiro atoms. The van der Waals surface area contributed by atoms with Crippen molar-refractivity contribution in [2.45, 2.75) is 45.4 Å². The Kier molecular flexibility index (Phi) is 7.28. The predicted octanol–water partition coefficient (Wildman–Crippen LogP) is 2.55. The van der Waals surface area contributed by atoms with Gasteiger partial charge in [-0.2, -0.15) is 0 Å². The standard InChI is InChI=1S/C14H26O4/c1-3-14(8-10-17-11-14)12-18-13(15)7-5-4-6-9-16-2/h3-12H2,1-2H3. The number of esters is 1. The molecule has 0 aromatic carbocycles. The predicted molar refractivity (Wildman–Crippen MR) is 69.5 cm³/mol. The first kappa shape index (κ1) is 15.4. The molecule has 1 fully saturated rings. The van der Waals surface area contributed by atoms with Crippen LogP contribution in [0.3, 0.4) is 0 Å². The Labute approximate surface area is 110 Å².